The number of fused-ring (bicyclic) bond motifs is 1. The molecule has 2 aromatic heterocycles. The van der Waals surface area contributed by atoms with Crippen molar-refractivity contribution in [3.05, 3.63) is 83.1 Å². The monoisotopic (exact) mass is 602 g/mol. The van der Waals surface area contributed by atoms with Crippen LogP contribution in [0.2, 0.25) is 0 Å². The first kappa shape index (κ1) is 30.9. The van der Waals surface area contributed by atoms with Crippen molar-refractivity contribution in [1.29, 1.82) is 0 Å². The Labute approximate surface area is 255 Å². The molecule has 0 saturated carbocycles. The fraction of sp³-hybridized carbons (Fsp3) is 0.375. The summed E-state index contributed by atoms with van der Waals surface area (Å²) >= 11 is 0. The second-order valence-corrected chi connectivity index (χ2v) is 11.4. The Balaban J connectivity index is 1.36. The summed E-state index contributed by atoms with van der Waals surface area (Å²) in [6.45, 7) is 8.80. The van der Waals surface area contributed by atoms with Crippen LogP contribution in [-0.2, 0) is 21.6 Å². The lowest BCUT2D eigenvalue weighted by molar-refractivity contribution is 0.0885. The van der Waals surface area contributed by atoms with E-state index in [1.807, 2.05) is 56.3 Å². The number of benzene rings is 2. The molecular weight excluding hydrogens is 564 g/mol. The number of aromatic nitrogens is 2. The van der Waals surface area contributed by atoms with Gasteiger partial charge in [0.25, 0.3) is 11.8 Å². The Hall–Kier alpha value is -4.52. The molecular formula is C32H38N6O6. The largest absolute Gasteiger partial charge is 0.445 e. The standard InChI is InChI=1S/C32H38N6O6/c1-32(2,24-8-6-5-7-9-24)34-30(40)26-20-25-27(44-26)28(35-38(25)31(41)43-19-18-42-4)33-29(39)23-12-10-22(11-13-23)21-37-16-14-36(3)15-17-37/h5-13,20H,14-19,21H2,1-4H3,(H,34,40)(H,33,35,39). The van der Waals surface area contributed by atoms with Crippen molar-refractivity contribution < 1.29 is 28.3 Å². The molecule has 44 heavy (non-hydrogen) atoms. The van der Waals surface area contributed by atoms with Gasteiger partial charge >= 0.3 is 6.09 Å². The molecule has 0 aliphatic carbocycles. The molecule has 2 N–H and O–H groups in total. The molecule has 2 amide bonds. The van der Waals surface area contributed by atoms with Gasteiger partial charge in [-0.2, -0.15) is 4.68 Å². The van der Waals surface area contributed by atoms with E-state index >= 15 is 0 Å². The van der Waals surface area contributed by atoms with E-state index in [9.17, 15) is 14.4 Å². The molecule has 1 fully saturated rings. The van der Waals surface area contributed by atoms with Crippen molar-refractivity contribution >= 4 is 34.8 Å². The van der Waals surface area contributed by atoms with Crippen molar-refractivity contribution in [1.82, 2.24) is 24.9 Å². The van der Waals surface area contributed by atoms with Crippen LogP contribution < -0.4 is 10.6 Å². The van der Waals surface area contributed by atoms with Gasteiger partial charge in [-0.1, -0.05) is 42.5 Å². The lowest BCUT2D eigenvalue weighted by Crippen LogP contribution is -2.43. The van der Waals surface area contributed by atoms with E-state index in [1.54, 1.807) is 12.1 Å². The molecule has 232 valence electrons. The summed E-state index contributed by atoms with van der Waals surface area (Å²) in [6, 6.07) is 18.3. The van der Waals surface area contributed by atoms with E-state index in [0.717, 1.165) is 48.5 Å². The van der Waals surface area contributed by atoms with Gasteiger partial charge in [0.15, 0.2) is 17.2 Å². The first-order valence-electron chi connectivity index (χ1n) is 14.5. The lowest BCUT2D eigenvalue weighted by atomic mass is 9.94. The van der Waals surface area contributed by atoms with Crippen LogP contribution in [0.5, 0.6) is 0 Å². The minimum absolute atomic E-state index is 0.00465. The molecule has 2 aromatic carbocycles. The van der Waals surface area contributed by atoms with Crippen LogP contribution in [0.3, 0.4) is 0 Å². The molecule has 12 heteroatoms. The predicted octanol–water partition coefficient (Wildman–Crippen LogP) is 3.93. The second-order valence-electron chi connectivity index (χ2n) is 11.4. The summed E-state index contributed by atoms with van der Waals surface area (Å²) in [5.41, 5.74) is 1.95. The van der Waals surface area contributed by atoms with Crippen LogP contribution in [0, 0.1) is 0 Å². The van der Waals surface area contributed by atoms with E-state index in [-0.39, 0.29) is 35.9 Å². The first-order valence-corrected chi connectivity index (χ1v) is 14.5. The number of methoxy groups -OCH3 is 1. The minimum Gasteiger partial charge on any atom is -0.445 e. The van der Waals surface area contributed by atoms with Crippen molar-refractivity contribution in [3.63, 3.8) is 0 Å². The number of ether oxygens (including phenoxy) is 2. The number of likely N-dealkylation sites (N-methyl/N-ethyl adjacent to an activating group) is 1. The number of nitrogens with one attached hydrogen (secondary N) is 2. The van der Waals surface area contributed by atoms with Crippen LogP contribution in [0.4, 0.5) is 10.6 Å². The number of rotatable bonds is 10. The Morgan fingerprint density at radius 1 is 0.955 bits per heavy atom. The first-order chi connectivity index (χ1) is 21.1. The third-order valence-corrected chi connectivity index (χ3v) is 7.64. The molecule has 0 unspecified atom stereocenters. The molecule has 12 nitrogen and oxygen atoms in total. The molecule has 0 atom stereocenters. The van der Waals surface area contributed by atoms with Gasteiger partial charge in [0, 0.05) is 51.5 Å². The molecule has 1 aliphatic heterocycles. The quantitative estimate of drug-likeness (QED) is 0.259. The highest BCUT2D eigenvalue weighted by Gasteiger charge is 2.29. The highest BCUT2D eigenvalue weighted by atomic mass is 16.6. The maximum absolute atomic E-state index is 13.3. The maximum Gasteiger partial charge on any atom is 0.435 e. The zero-order chi connectivity index (χ0) is 31.3. The fourth-order valence-corrected chi connectivity index (χ4v) is 4.99. The van der Waals surface area contributed by atoms with E-state index in [0.29, 0.717) is 5.56 Å². The number of piperazine rings is 1. The number of carbonyl (C=O) groups excluding carboxylic acids is 3. The molecule has 1 saturated heterocycles. The number of nitrogens with zero attached hydrogens (tertiary/aromatic N) is 4. The number of anilines is 1. The van der Waals surface area contributed by atoms with Crippen LogP contribution in [0.25, 0.3) is 11.1 Å². The van der Waals surface area contributed by atoms with Gasteiger partial charge in [-0.15, -0.1) is 5.10 Å². The molecule has 0 radical (unpaired) electrons. The predicted molar refractivity (Wildman–Crippen MR) is 165 cm³/mol. The van der Waals surface area contributed by atoms with Gasteiger partial charge < -0.3 is 29.4 Å². The van der Waals surface area contributed by atoms with E-state index in [1.165, 1.54) is 13.2 Å². The summed E-state index contributed by atoms with van der Waals surface area (Å²) in [5, 5.41) is 9.95. The van der Waals surface area contributed by atoms with E-state index in [2.05, 4.69) is 32.6 Å². The smallest absolute Gasteiger partial charge is 0.435 e. The normalized spacial score (nSPS) is 14.5. The van der Waals surface area contributed by atoms with E-state index in [4.69, 9.17) is 13.9 Å². The van der Waals surface area contributed by atoms with Crippen LogP contribution >= 0.6 is 0 Å². The van der Waals surface area contributed by atoms with Gasteiger partial charge in [-0.05, 0) is 44.2 Å². The van der Waals surface area contributed by atoms with Gasteiger partial charge in [0.1, 0.15) is 12.1 Å². The average molecular weight is 603 g/mol. The highest BCUT2D eigenvalue weighted by molar-refractivity contribution is 6.08. The SMILES string of the molecule is COCCOC(=O)n1nc(NC(=O)c2ccc(CN3CCN(C)CC3)cc2)c2oc(C(=O)NC(C)(C)c3ccccc3)cc21. The van der Waals surface area contributed by atoms with Crippen LogP contribution in [-0.4, -0.2) is 91.0 Å². The Kier molecular flexibility index (Phi) is 9.43. The summed E-state index contributed by atoms with van der Waals surface area (Å²) < 4.78 is 17.1. The molecule has 1 aliphatic rings. The Morgan fingerprint density at radius 2 is 1.66 bits per heavy atom. The number of hydrogen-bond acceptors (Lipinski definition) is 9. The fourth-order valence-electron chi connectivity index (χ4n) is 4.99. The lowest BCUT2D eigenvalue weighted by Gasteiger charge is -2.32. The van der Waals surface area contributed by atoms with Crippen LogP contribution in [0.15, 0.2) is 65.1 Å². The zero-order valence-corrected chi connectivity index (χ0v) is 25.5. The summed E-state index contributed by atoms with van der Waals surface area (Å²) in [5.74, 6) is -1.01. The number of amides is 2. The summed E-state index contributed by atoms with van der Waals surface area (Å²) in [6.07, 6.45) is -0.807. The van der Waals surface area contributed by atoms with Crippen molar-refractivity contribution in [2.24, 2.45) is 0 Å². The topological polar surface area (TPSA) is 131 Å². The number of furan rings is 1. The third kappa shape index (κ3) is 7.16. The van der Waals surface area contributed by atoms with Gasteiger partial charge in [-0.3, -0.25) is 14.5 Å². The molecule has 0 bridgehead atoms. The average Bonchev–Trinajstić information content (AvgIpc) is 3.60. The minimum atomic E-state index is -0.807. The number of hydrogen-bond donors (Lipinski definition) is 2. The van der Waals surface area contributed by atoms with Gasteiger partial charge in [0.2, 0.25) is 0 Å². The molecule has 0 spiro atoms. The van der Waals surface area contributed by atoms with E-state index < -0.39 is 23.4 Å². The second kappa shape index (κ2) is 13.4. The number of carbonyl (C=O) groups is 3. The molecule has 3 heterocycles. The molecule has 5 rings (SSSR count). The van der Waals surface area contributed by atoms with Gasteiger partial charge in [0.05, 0.1) is 12.1 Å². The summed E-state index contributed by atoms with van der Waals surface area (Å²) in [4.78, 5) is 44.1. The summed E-state index contributed by atoms with van der Waals surface area (Å²) in [7, 11) is 3.61. The Morgan fingerprint density at radius 3 is 2.34 bits per heavy atom. The van der Waals surface area contributed by atoms with Crippen molar-refractivity contribution in [2.75, 3.05) is 58.9 Å². The highest BCUT2D eigenvalue weighted by Crippen LogP contribution is 2.29. The Bertz CT molecular complexity index is 1600. The van der Waals surface area contributed by atoms with Crippen molar-refractivity contribution in [3.8, 4) is 0 Å². The van der Waals surface area contributed by atoms with Crippen molar-refractivity contribution in [2.45, 2.75) is 25.9 Å². The maximum atomic E-state index is 13.3. The van der Waals surface area contributed by atoms with Gasteiger partial charge in [-0.25, -0.2) is 4.79 Å². The third-order valence-electron chi connectivity index (χ3n) is 7.64. The van der Waals surface area contributed by atoms with Crippen LogP contribution in [0.1, 0.15) is 45.9 Å². The molecule has 4 aromatic rings. The zero-order valence-electron chi connectivity index (χ0n) is 25.5.